The SMILES string of the molecule is COc1ccc(C(C)C(=O)NCc2ccccc2CO)cc1. The molecule has 4 nitrogen and oxygen atoms in total. The zero-order chi connectivity index (χ0) is 15.9. The van der Waals surface area contributed by atoms with Crippen molar-refractivity contribution in [1.82, 2.24) is 5.32 Å². The number of hydrogen-bond donors (Lipinski definition) is 2. The molecule has 0 aliphatic rings. The summed E-state index contributed by atoms with van der Waals surface area (Å²) >= 11 is 0. The van der Waals surface area contributed by atoms with Crippen molar-refractivity contribution in [3.8, 4) is 5.75 Å². The van der Waals surface area contributed by atoms with Crippen molar-refractivity contribution in [3.05, 3.63) is 65.2 Å². The largest absolute Gasteiger partial charge is 0.497 e. The molecule has 0 spiro atoms. The fourth-order valence-corrected chi connectivity index (χ4v) is 2.26. The highest BCUT2D eigenvalue weighted by molar-refractivity contribution is 5.83. The Kier molecular flexibility index (Phi) is 5.55. The normalized spacial score (nSPS) is 11.8. The first-order chi connectivity index (χ1) is 10.7. The molecule has 0 radical (unpaired) electrons. The first kappa shape index (κ1) is 16.0. The van der Waals surface area contributed by atoms with Gasteiger partial charge in [0, 0.05) is 6.54 Å². The van der Waals surface area contributed by atoms with E-state index in [9.17, 15) is 9.90 Å². The number of carbonyl (C=O) groups is 1. The Hall–Kier alpha value is -2.33. The fraction of sp³-hybridized carbons (Fsp3) is 0.278. The lowest BCUT2D eigenvalue weighted by Gasteiger charge is -2.14. The molecule has 2 N–H and O–H groups in total. The number of aliphatic hydroxyl groups excluding tert-OH is 1. The molecule has 0 aliphatic carbocycles. The van der Waals surface area contributed by atoms with Gasteiger partial charge >= 0.3 is 0 Å². The monoisotopic (exact) mass is 299 g/mol. The summed E-state index contributed by atoms with van der Waals surface area (Å²) < 4.78 is 5.12. The molecule has 1 amide bonds. The summed E-state index contributed by atoms with van der Waals surface area (Å²) in [5, 5.41) is 12.2. The van der Waals surface area contributed by atoms with Gasteiger partial charge < -0.3 is 15.2 Å². The molecular weight excluding hydrogens is 278 g/mol. The zero-order valence-electron chi connectivity index (χ0n) is 12.9. The van der Waals surface area contributed by atoms with Crippen molar-refractivity contribution >= 4 is 5.91 Å². The van der Waals surface area contributed by atoms with Crippen molar-refractivity contribution in [1.29, 1.82) is 0 Å². The Bertz CT molecular complexity index is 622. The Labute approximate surface area is 130 Å². The summed E-state index contributed by atoms with van der Waals surface area (Å²) in [6.45, 7) is 2.26. The molecule has 2 aromatic carbocycles. The lowest BCUT2D eigenvalue weighted by molar-refractivity contribution is -0.122. The second-order valence-electron chi connectivity index (χ2n) is 5.14. The van der Waals surface area contributed by atoms with E-state index >= 15 is 0 Å². The second-order valence-corrected chi connectivity index (χ2v) is 5.14. The maximum atomic E-state index is 12.3. The second kappa shape index (κ2) is 7.61. The number of benzene rings is 2. The van der Waals surface area contributed by atoms with Crippen LogP contribution in [0.5, 0.6) is 5.75 Å². The van der Waals surface area contributed by atoms with Gasteiger partial charge in [-0.1, -0.05) is 36.4 Å². The van der Waals surface area contributed by atoms with Crippen LogP contribution in [0.15, 0.2) is 48.5 Å². The van der Waals surface area contributed by atoms with E-state index in [1.54, 1.807) is 7.11 Å². The van der Waals surface area contributed by atoms with E-state index in [4.69, 9.17) is 4.74 Å². The average molecular weight is 299 g/mol. The summed E-state index contributed by atoms with van der Waals surface area (Å²) in [4.78, 5) is 12.3. The number of hydrogen-bond acceptors (Lipinski definition) is 3. The van der Waals surface area contributed by atoms with Gasteiger partial charge in [0.15, 0.2) is 0 Å². The maximum Gasteiger partial charge on any atom is 0.227 e. The lowest BCUT2D eigenvalue weighted by Crippen LogP contribution is -2.27. The van der Waals surface area contributed by atoms with Crippen molar-refractivity contribution < 1.29 is 14.6 Å². The predicted molar refractivity (Wildman–Crippen MR) is 85.6 cm³/mol. The van der Waals surface area contributed by atoms with E-state index in [-0.39, 0.29) is 18.4 Å². The van der Waals surface area contributed by atoms with Gasteiger partial charge in [0.1, 0.15) is 5.75 Å². The van der Waals surface area contributed by atoms with Gasteiger partial charge in [-0.3, -0.25) is 4.79 Å². The highest BCUT2D eigenvalue weighted by atomic mass is 16.5. The van der Waals surface area contributed by atoms with E-state index in [0.717, 1.165) is 22.4 Å². The smallest absolute Gasteiger partial charge is 0.227 e. The summed E-state index contributed by atoms with van der Waals surface area (Å²) in [7, 11) is 1.61. The third kappa shape index (κ3) is 3.86. The van der Waals surface area contributed by atoms with Gasteiger partial charge in [0.25, 0.3) is 0 Å². The van der Waals surface area contributed by atoms with Gasteiger partial charge in [-0.15, -0.1) is 0 Å². The molecule has 1 unspecified atom stereocenters. The van der Waals surface area contributed by atoms with Crippen LogP contribution in [0, 0.1) is 0 Å². The lowest BCUT2D eigenvalue weighted by atomic mass is 10.00. The first-order valence-electron chi connectivity index (χ1n) is 7.25. The van der Waals surface area contributed by atoms with Crippen LogP contribution < -0.4 is 10.1 Å². The topological polar surface area (TPSA) is 58.6 Å². The van der Waals surface area contributed by atoms with Crippen LogP contribution >= 0.6 is 0 Å². The highest BCUT2D eigenvalue weighted by Gasteiger charge is 2.15. The van der Waals surface area contributed by atoms with Crippen molar-refractivity contribution in [2.45, 2.75) is 26.0 Å². The summed E-state index contributed by atoms with van der Waals surface area (Å²) in [6.07, 6.45) is 0. The third-order valence-corrected chi connectivity index (χ3v) is 3.75. The fourth-order valence-electron chi connectivity index (χ4n) is 2.26. The molecule has 0 aromatic heterocycles. The van der Waals surface area contributed by atoms with Crippen molar-refractivity contribution in [2.24, 2.45) is 0 Å². The van der Waals surface area contributed by atoms with Crippen molar-refractivity contribution in [3.63, 3.8) is 0 Å². The number of rotatable bonds is 6. The van der Waals surface area contributed by atoms with Gasteiger partial charge in [0.2, 0.25) is 5.91 Å². The first-order valence-corrected chi connectivity index (χ1v) is 7.25. The van der Waals surface area contributed by atoms with Gasteiger partial charge in [-0.05, 0) is 35.7 Å². The predicted octanol–water partition coefficient (Wildman–Crippen LogP) is 2.61. The number of nitrogens with one attached hydrogen (secondary N) is 1. The van der Waals surface area contributed by atoms with Crippen molar-refractivity contribution in [2.75, 3.05) is 7.11 Å². The molecule has 1 atom stereocenters. The van der Waals surface area contributed by atoms with Crippen LogP contribution in [-0.4, -0.2) is 18.1 Å². The van der Waals surface area contributed by atoms with E-state index in [1.165, 1.54) is 0 Å². The number of amides is 1. The molecule has 0 fully saturated rings. The number of methoxy groups -OCH3 is 1. The maximum absolute atomic E-state index is 12.3. The summed E-state index contributed by atoms with van der Waals surface area (Å²) in [5.74, 6) is 0.485. The minimum Gasteiger partial charge on any atom is -0.497 e. The Morgan fingerprint density at radius 3 is 2.36 bits per heavy atom. The zero-order valence-corrected chi connectivity index (χ0v) is 12.9. The standard InChI is InChI=1S/C18H21NO3/c1-13(14-7-9-17(22-2)10-8-14)18(21)19-11-15-5-3-4-6-16(15)12-20/h3-10,13,20H,11-12H2,1-2H3,(H,19,21). The van der Waals surface area contributed by atoms with E-state index in [0.29, 0.717) is 6.54 Å². The van der Waals surface area contributed by atoms with Crippen LogP contribution in [0.25, 0.3) is 0 Å². The molecule has 116 valence electrons. The molecule has 2 aromatic rings. The third-order valence-electron chi connectivity index (χ3n) is 3.75. The number of aliphatic hydroxyl groups is 1. The summed E-state index contributed by atoms with van der Waals surface area (Å²) in [6, 6.07) is 15.0. The minimum atomic E-state index is -0.243. The number of carbonyl (C=O) groups excluding carboxylic acids is 1. The van der Waals surface area contributed by atoms with E-state index < -0.39 is 0 Å². The van der Waals surface area contributed by atoms with Gasteiger partial charge in [0.05, 0.1) is 19.6 Å². The molecular formula is C18H21NO3. The Morgan fingerprint density at radius 1 is 1.14 bits per heavy atom. The quantitative estimate of drug-likeness (QED) is 0.862. The van der Waals surface area contributed by atoms with E-state index in [2.05, 4.69) is 5.32 Å². The van der Waals surface area contributed by atoms with Gasteiger partial charge in [-0.25, -0.2) is 0 Å². The molecule has 22 heavy (non-hydrogen) atoms. The molecule has 0 bridgehead atoms. The molecule has 0 saturated carbocycles. The molecule has 4 heteroatoms. The van der Waals surface area contributed by atoms with Crippen LogP contribution in [0.3, 0.4) is 0 Å². The van der Waals surface area contributed by atoms with Crippen LogP contribution in [-0.2, 0) is 17.9 Å². The van der Waals surface area contributed by atoms with Crippen LogP contribution in [0.2, 0.25) is 0 Å². The molecule has 0 aliphatic heterocycles. The Balaban J connectivity index is 1.99. The molecule has 0 heterocycles. The van der Waals surface area contributed by atoms with E-state index in [1.807, 2.05) is 55.5 Å². The van der Waals surface area contributed by atoms with Crippen LogP contribution in [0.4, 0.5) is 0 Å². The molecule has 0 saturated heterocycles. The Morgan fingerprint density at radius 2 is 1.77 bits per heavy atom. The number of ether oxygens (including phenoxy) is 1. The minimum absolute atomic E-state index is 0.0277. The highest BCUT2D eigenvalue weighted by Crippen LogP contribution is 2.19. The van der Waals surface area contributed by atoms with Gasteiger partial charge in [-0.2, -0.15) is 0 Å². The van der Waals surface area contributed by atoms with Crippen LogP contribution in [0.1, 0.15) is 29.5 Å². The summed E-state index contributed by atoms with van der Waals surface area (Å²) in [5.41, 5.74) is 2.70. The molecule has 2 rings (SSSR count). The average Bonchev–Trinajstić information content (AvgIpc) is 2.59.